The SMILES string of the molecule is CC(C(=O)O)S(=O)(=O)N(C)Cc1cccc(Cl)c1. The number of carboxylic acid groups (broad SMARTS) is 1. The Balaban J connectivity index is 2.89. The van der Waals surface area contributed by atoms with Crippen molar-refractivity contribution in [1.29, 1.82) is 0 Å². The summed E-state index contributed by atoms with van der Waals surface area (Å²) in [7, 11) is -2.52. The quantitative estimate of drug-likeness (QED) is 0.893. The lowest BCUT2D eigenvalue weighted by Gasteiger charge is -2.19. The molecule has 1 N–H and O–H groups in total. The van der Waals surface area contributed by atoms with Gasteiger partial charge < -0.3 is 5.11 Å². The Morgan fingerprint density at radius 2 is 2.11 bits per heavy atom. The van der Waals surface area contributed by atoms with Crippen LogP contribution in [0.4, 0.5) is 0 Å². The molecule has 0 aliphatic heterocycles. The van der Waals surface area contributed by atoms with E-state index in [1.165, 1.54) is 7.05 Å². The predicted molar refractivity (Wildman–Crippen MR) is 68.9 cm³/mol. The molecule has 18 heavy (non-hydrogen) atoms. The average molecular weight is 292 g/mol. The third-order valence-electron chi connectivity index (χ3n) is 2.52. The number of benzene rings is 1. The minimum atomic E-state index is -3.86. The summed E-state index contributed by atoms with van der Waals surface area (Å²) in [5.41, 5.74) is 0.700. The van der Waals surface area contributed by atoms with Crippen LogP contribution >= 0.6 is 11.6 Å². The van der Waals surface area contributed by atoms with Crippen LogP contribution in [-0.4, -0.2) is 36.1 Å². The molecule has 0 heterocycles. The standard InChI is InChI=1S/C11H14ClNO4S/c1-8(11(14)15)18(16,17)13(2)7-9-4-3-5-10(12)6-9/h3-6,8H,7H2,1-2H3,(H,14,15). The van der Waals surface area contributed by atoms with E-state index in [0.717, 1.165) is 11.2 Å². The normalized spacial score (nSPS) is 13.6. The fourth-order valence-corrected chi connectivity index (χ4v) is 2.72. The number of aliphatic carboxylic acids is 1. The van der Waals surface area contributed by atoms with Gasteiger partial charge in [-0.25, -0.2) is 8.42 Å². The van der Waals surface area contributed by atoms with Crippen LogP contribution in [0.15, 0.2) is 24.3 Å². The van der Waals surface area contributed by atoms with Crippen molar-refractivity contribution in [2.24, 2.45) is 0 Å². The molecule has 0 fully saturated rings. The van der Waals surface area contributed by atoms with Gasteiger partial charge in [0.2, 0.25) is 10.0 Å². The molecule has 0 aromatic heterocycles. The van der Waals surface area contributed by atoms with Crippen molar-refractivity contribution in [3.05, 3.63) is 34.9 Å². The molecular formula is C11H14ClNO4S. The maximum atomic E-state index is 11.9. The molecule has 1 aromatic carbocycles. The van der Waals surface area contributed by atoms with Crippen molar-refractivity contribution >= 4 is 27.6 Å². The first kappa shape index (κ1) is 14.9. The van der Waals surface area contributed by atoms with E-state index in [4.69, 9.17) is 16.7 Å². The molecule has 7 heteroatoms. The number of hydrogen-bond acceptors (Lipinski definition) is 3. The number of halogens is 1. The van der Waals surface area contributed by atoms with Crippen LogP contribution in [0.1, 0.15) is 12.5 Å². The molecule has 1 aromatic rings. The van der Waals surface area contributed by atoms with E-state index in [1.54, 1.807) is 24.3 Å². The zero-order valence-electron chi connectivity index (χ0n) is 10.00. The Morgan fingerprint density at radius 1 is 1.50 bits per heavy atom. The van der Waals surface area contributed by atoms with Crippen molar-refractivity contribution in [3.63, 3.8) is 0 Å². The van der Waals surface area contributed by atoms with Gasteiger partial charge in [0.1, 0.15) is 0 Å². The zero-order chi connectivity index (χ0) is 13.9. The first-order chi connectivity index (χ1) is 8.25. The smallest absolute Gasteiger partial charge is 0.323 e. The van der Waals surface area contributed by atoms with Crippen LogP contribution in [0.25, 0.3) is 0 Å². The molecule has 5 nitrogen and oxygen atoms in total. The number of rotatable bonds is 5. The van der Waals surface area contributed by atoms with Crippen LogP contribution in [0, 0.1) is 0 Å². The minimum absolute atomic E-state index is 0.0838. The summed E-state index contributed by atoms with van der Waals surface area (Å²) >= 11 is 5.79. The number of nitrogens with zero attached hydrogens (tertiary/aromatic N) is 1. The Bertz CT molecular complexity index is 544. The van der Waals surface area contributed by atoms with Gasteiger partial charge in [-0.05, 0) is 24.6 Å². The molecule has 100 valence electrons. The topological polar surface area (TPSA) is 74.7 Å². The van der Waals surface area contributed by atoms with Gasteiger partial charge in [0.05, 0.1) is 0 Å². The molecule has 0 saturated carbocycles. The van der Waals surface area contributed by atoms with Crippen molar-refractivity contribution in [2.45, 2.75) is 18.7 Å². The van der Waals surface area contributed by atoms with E-state index >= 15 is 0 Å². The van der Waals surface area contributed by atoms with Crippen LogP contribution < -0.4 is 0 Å². The van der Waals surface area contributed by atoms with Crippen LogP contribution in [0.5, 0.6) is 0 Å². The fraction of sp³-hybridized carbons (Fsp3) is 0.364. The maximum Gasteiger partial charge on any atom is 0.323 e. The molecule has 0 bridgehead atoms. The first-order valence-electron chi connectivity index (χ1n) is 5.17. The first-order valence-corrected chi connectivity index (χ1v) is 7.05. The molecule has 1 rings (SSSR count). The highest BCUT2D eigenvalue weighted by Gasteiger charge is 2.31. The predicted octanol–water partition coefficient (Wildman–Crippen LogP) is 1.57. The lowest BCUT2D eigenvalue weighted by molar-refractivity contribution is -0.136. The highest BCUT2D eigenvalue weighted by molar-refractivity contribution is 7.90. The monoisotopic (exact) mass is 291 g/mol. The van der Waals surface area contributed by atoms with Crippen molar-refractivity contribution in [3.8, 4) is 0 Å². The maximum absolute atomic E-state index is 11.9. The van der Waals surface area contributed by atoms with Crippen molar-refractivity contribution in [2.75, 3.05) is 7.05 Å². The molecule has 1 unspecified atom stereocenters. The van der Waals surface area contributed by atoms with Crippen molar-refractivity contribution in [1.82, 2.24) is 4.31 Å². The van der Waals surface area contributed by atoms with E-state index in [0.29, 0.717) is 10.6 Å². The number of hydrogen-bond donors (Lipinski definition) is 1. The minimum Gasteiger partial charge on any atom is -0.480 e. The average Bonchev–Trinajstić information content (AvgIpc) is 2.27. The summed E-state index contributed by atoms with van der Waals surface area (Å²) in [4.78, 5) is 10.7. The second-order valence-electron chi connectivity index (χ2n) is 3.91. The summed E-state index contributed by atoms with van der Waals surface area (Å²) < 4.78 is 24.8. The van der Waals surface area contributed by atoms with Gasteiger partial charge in [-0.2, -0.15) is 4.31 Å². The summed E-state index contributed by atoms with van der Waals surface area (Å²) in [5.74, 6) is -1.37. The second kappa shape index (κ2) is 5.69. The van der Waals surface area contributed by atoms with E-state index in [2.05, 4.69) is 0 Å². The lowest BCUT2D eigenvalue weighted by Crippen LogP contribution is -2.38. The molecule has 1 atom stereocenters. The molecule has 0 radical (unpaired) electrons. The molecule has 0 spiro atoms. The van der Waals surface area contributed by atoms with Gasteiger partial charge in [0.15, 0.2) is 5.25 Å². The highest BCUT2D eigenvalue weighted by Crippen LogP contribution is 2.15. The third kappa shape index (κ3) is 3.44. The Hall–Kier alpha value is -1.11. The molecular weight excluding hydrogens is 278 g/mol. The molecule has 0 saturated heterocycles. The van der Waals surface area contributed by atoms with E-state index in [-0.39, 0.29) is 6.54 Å². The van der Waals surface area contributed by atoms with Gasteiger partial charge in [-0.15, -0.1) is 0 Å². The van der Waals surface area contributed by atoms with Gasteiger partial charge in [0, 0.05) is 18.6 Å². The molecule has 0 aliphatic carbocycles. The Kier molecular flexibility index (Phi) is 4.72. The summed E-state index contributed by atoms with van der Waals surface area (Å²) in [6, 6.07) is 6.75. The third-order valence-corrected chi connectivity index (χ3v) is 4.85. The van der Waals surface area contributed by atoms with E-state index in [9.17, 15) is 13.2 Å². The van der Waals surface area contributed by atoms with Gasteiger partial charge in [-0.1, -0.05) is 23.7 Å². The fourth-order valence-electron chi connectivity index (χ4n) is 1.38. The van der Waals surface area contributed by atoms with Crippen LogP contribution in [0.3, 0.4) is 0 Å². The molecule has 0 aliphatic rings. The van der Waals surface area contributed by atoms with Gasteiger partial charge in [-0.3, -0.25) is 4.79 Å². The number of carboxylic acids is 1. The Morgan fingerprint density at radius 3 is 2.61 bits per heavy atom. The van der Waals surface area contributed by atoms with E-state index < -0.39 is 21.2 Å². The van der Waals surface area contributed by atoms with Gasteiger partial charge in [0.25, 0.3) is 0 Å². The second-order valence-corrected chi connectivity index (χ2v) is 6.71. The van der Waals surface area contributed by atoms with Gasteiger partial charge >= 0.3 is 5.97 Å². The van der Waals surface area contributed by atoms with Crippen LogP contribution in [-0.2, 0) is 21.4 Å². The Labute approximate surface area is 111 Å². The zero-order valence-corrected chi connectivity index (χ0v) is 11.6. The summed E-state index contributed by atoms with van der Waals surface area (Å²) in [5, 5.41) is 7.78. The summed E-state index contributed by atoms with van der Waals surface area (Å²) in [6.45, 7) is 1.23. The van der Waals surface area contributed by atoms with E-state index in [1.807, 2.05) is 0 Å². The largest absolute Gasteiger partial charge is 0.480 e. The summed E-state index contributed by atoms with van der Waals surface area (Å²) in [6.07, 6.45) is 0. The number of sulfonamides is 1. The lowest BCUT2D eigenvalue weighted by atomic mass is 10.2. The molecule has 0 amide bonds. The van der Waals surface area contributed by atoms with Crippen molar-refractivity contribution < 1.29 is 18.3 Å². The highest BCUT2D eigenvalue weighted by atomic mass is 35.5. The van der Waals surface area contributed by atoms with Crippen LogP contribution in [0.2, 0.25) is 5.02 Å². The number of carbonyl (C=O) groups is 1.